The maximum Gasteiger partial charge on any atom is 0.129 e. The zero-order chi connectivity index (χ0) is 18.3. The van der Waals surface area contributed by atoms with Crippen molar-refractivity contribution in [3.05, 3.63) is 0 Å². The lowest BCUT2D eigenvalue weighted by atomic mass is 9.82. The molecule has 2 fully saturated rings. The largest absolute Gasteiger partial charge is 0.389 e. The molecule has 2 nitrogen and oxygen atoms in total. The normalized spacial score (nSPS) is 41.5. The van der Waals surface area contributed by atoms with Crippen LogP contribution in [-0.2, 0) is 4.74 Å². The molecule has 7 atom stereocenters. The van der Waals surface area contributed by atoms with Gasteiger partial charge in [-0.1, -0.05) is 20.1 Å². The average molecular weight is 390 g/mol. The minimum Gasteiger partial charge on any atom is -0.389 e. The van der Waals surface area contributed by atoms with Crippen molar-refractivity contribution < 1.29 is 9.84 Å². The zero-order valence-electron chi connectivity index (χ0n) is 16.3. The van der Waals surface area contributed by atoms with Crippen molar-refractivity contribution in [2.75, 3.05) is 30.5 Å². The summed E-state index contributed by atoms with van der Waals surface area (Å²) in [6, 6.07) is 0. The van der Waals surface area contributed by atoms with Gasteiger partial charge in [-0.25, -0.2) is 0 Å². The van der Waals surface area contributed by atoms with Crippen LogP contribution in [0.3, 0.4) is 0 Å². The van der Waals surface area contributed by atoms with Crippen LogP contribution in [-0.4, -0.2) is 65.7 Å². The van der Waals surface area contributed by atoms with E-state index in [-0.39, 0.29) is 26.6 Å². The standard InChI is InChI=1S/C19H37O2P3/c1-9-22(6)13-24(8,14-23(7)10-2)12-21-19-11-17(19)15(3)18(5,20)16(19)4/h15-17,20H,6-14H2,1-5H3/q+2/t15-,16+,17?,18+,19?/m1/s1. The molecule has 4 unspecified atom stereocenters. The summed E-state index contributed by atoms with van der Waals surface area (Å²) in [4.78, 5) is 0. The molecule has 2 aliphatic carbocycles. The minimum absolute atomic E-state index is 0.0852. The zero-order valence-corrected chi connectivity index (χ0v) is 19.0. The van der Waals surface area contributed by atoms with E-state index < -0.39 is 12.5 Å². The molecule has 2 saturated carbocycles. The first kappa shape index (κ1) is 20.9. The maximum absolute atomic E-state index is 10.8. The molecule has 1 N–H and O–H groups in total. The topological polar surface area (TPSA) is 29.5 Å². The Labute approximate surface area is 151 Å². The SMILES string of the molecule is C=[P+](CC)CP(=C)(COC12CC1[C@@H](C)[C@](C)(O)[C@@H]2C)C[P+](=C)CC. The number of rotatable bonds is 9. The summed E-state index contributed by atoms with van der Waals surface area (Å²) >= 11 is 0. The van der Waals surface area contributed by atoms with Gasteiger partial charge in [0.15, 0.2) is 0 Å². The molecule has 2 rings (SSSR count). The summed E-state index contributed by atoms with van der Waals surface area (Å²) in [7, 11) is -0.355. The average Bonchev–Trinajstić information content (AvgIpc) is 3.23. The minimum atomic E-state index is -1.39. The van der Waals surface area contributed by atoms with Gasteiger partial charge in [-0.3, -0.25) is 0 Å². The molecule has 0 bridgehead atoms. The molecule has 0 aromatic carbocycles. The summed E-state index contributed by atoms with van der Waals surface area (Å²) in [6.45, 7) is 9.44. The van der Waals surface area contributed by atoms with E-state index in [2.05, 4.69) is 40.3 Å². The molecule has 24 heavy (non-hydrogen) atoms. The van der Waals surface area contributed by atoms with E-state index >= 15 is 0 Å². The van der Waals surface area contributed by atoms with Crippen LogP contribution in [0.15, 0.2) is 0 Å². The van der Waals surface area contributed by atoms with Gasteiger partial charge < -0.3 is 9.84 Å². The second-order valence-electron chi connectivity index (χ2n) is 8.37. The van der Waals surface area contributed by atoms with E-state index in [0.29, 0.717) is 11.8 Å². The predicted molar refractivity (Wildman–Crippen MR) is 119 cm³/mol. The lowest BCUT2D eigenvalue weighted by Crippen LogP contribution is -2.40. The first-order valence-electron chi connectivity index (χ1n) is 9.20. The van der Waals surface area contributed by atoms with Crippen molar-refractivity contribution >= 4 is 40.9 Å². The molecule has 0 saturated heterocycles. The molecule has 0 radical (unpaired) electrons. The molecule has 0 aromatic heterocycles. The summed E-state index contributed by atoms with van der Waals surface area (Å²) in [5, 5.41) is 10.8. The van der Waals surface area contributed by atoms with Crippen LogP contribution in [0.4, 0.5) is 0 Å². The molecule has 5 heteroatoms. The van der Waals surface area contributed by atoms with Crippen LogP contribution in [0, 0.1) is 17.8 Å². The van der Waals surface area contributed by atoms with Gasteiger partial charge in [0, 0.05) is 12.8 Å². The molecule has 0 aromatic rings. The monoisotopic (exact) mass is 390 g/mol. The highest BCUT2D eigenvalue weighted by molar-refractivity contribution is 7.88. The van der Waals surface area contributed by atoms with E-state index in [4.69, 9.17) is 11.0 Å². The van der Waals surface area contributed by atoms with E-state index in [9.17, 15) is 5.11 Å². The first-order valence-corrected chi connectivity index (χ1v) is 15.5. The Morgan fingerprint density at radius 1 is 1.17 bits per heavy atom. The van der Waals surface area contributed by atoms with Gasteiger partial charge in [-0.05, 0) is 39.0 Å². The summed E-state index contributed by atoms with van der Waals surface area (Å²) in [5.41, 5.74) is -0.686. The van der Waals surface area contributed by atoms with E-state index in [1.807, 2.05) is 6.92 Å². The lowest BCUT2D eigenvalue weighted by Gasteiger charge is -2.34. The van der Waals surface area contributed by atoms with Gasteiger partial charge in [-0.2, -0.15) is 0 Å². The van der Waals surface area contributed by atoms with Crippen LogP contribution < -0.4 is 0 Å². The third kappa shape index (κ3) is 3.80. The summed E-state index contributed by atoms with van der Waals surface area (Å²) < 4.78 is 6.63. The highest BCUT2D eigenvalue weighted by Gasteiger charge is 2.73. The van der Waals surface area contributed by atoms with Crippen LogP contribution in [0.25, 0.3) is 0 Å². The number of aliphatic hydroxyl groups is 1. The lowest BCUT2D eigenvalue weighted by molar-refractivity contribution is -0.0675. The predicted octanol–water partition coefficient (Wildman–Crippen LogP) is 4.99. The molecule has 0 aliphatic heterocycles. The van der Waals surface area contributed by atoms with Crippen LogP contribution >= 0.6 is 22.0 Å². The van der Waals surface area contributed by atoms with Crippen molar-refractivity contribution in [1.82, 2.24) is 0 Å². The van der Waals surface area contributed by atoms with Crippen LogP contribution in [0.2, 0.25) is 0 Å². The van der Waals surface area contributed by atoms with E-state index in [1.165, 1.54) is 24.1 Å². The number of ether oxygens (including phenoxy) is 1. The Bertz CT molecular complexity index is 547. The molecule has 0 amide bonds. The Hall–Kier alpha value is 0.560. The van der Waals surface area contributed by atoms with Crippen molar-refractivity contribution in [1.29, 1.82) is 0 Å². The molecule has 0 heterocycles. The van der Waals surface area contributed by atoms with Gasteiger partial charge in [0.1, 0.15) is 24.1 Å². The fourth-order valence-electron chi connectivity index (χ4n) is 4.40. The highest BCUT2D eigenvalue weighted by atomic mass is 31.2. The third-order valence-corrected chi connectivity index (χ3v) is 17.1. The number of fused-ring (bicyclic) bond motifs is 1. The Balaban J connectivity index is 2.10. The Kier molecular flexibility index (Phi) is 6.34. The molecule has 2 aliphatic rings. The fourth-order valence-corrected chi connectivity index (χ4v) is 15.1. The van der Waals surface area contributed by atoms with Gasteiger partial charge in [0.05, 0.1) is 45.2 Å². The Morgan fingerprint density at radius 2 is 1.67 bits per heavy atom. The van der Waals surface area contributed by atoms with E-state index in [0.717, 1.165) is 12.8 Å². The summed E-state index contributed by atoms with van der Waals surface area (Å²) in [6.07, 6.45) is 17.7. The second kappa shape index (κ2) is 7.29. The summed E-state index contributed by atoms with van der Waals surface area (Å²) in [5.74, 6) is 3.41. The van der Waals surface area contributed by atoms with E-state index in [1.54, 1.807) is 0 Å². The van der Waals surface area contributed by atoms with Crippen molar-refractivity contribution in [2.24, 2.45) is 17.8 Å². The van der Waals surface area contributed by atoms with Gasteiger partial charge in [0.2, 0.25) is 0 Å². The Morgan fingerprint density at radius 3 is 2.04 bits per heavy atom. The van der Waals surface area contributed by atoms with Gasteiger partial charge in [0.25, 0.3) is 0 Å². The van der Waals surface area contributed by atoms with Crippen LogP contribution in [0.5, 0.6) is 0 Å². The quantitative estimate of drug-likeness (QED) is 0.562. The first-order chi connectivity index (χ1) is 11.0. The number of hydrogen-bond acceptors (Lipinski definition) is 2. The molecular weight excluding hydrogens is 353 g/mol. The molecule has 138 valence electrons. The number of hydrogen-bond donors (Lipinski definition) is 1. The highest BCUT2D eigenvalue weighted by Crippen LogP contribution is 2.69. The smallest absolute Gasteiger partial charge is 0.129 e. The van der Waals surface area contributed by atoms with Crippen molar-refractivity contribution in [3.8, 4) is 0 Å². The fraction of sp³-hybridized carbons (Fsp3) is 0.842. The maximum atomic E-state index is 10.8. The molecular formula is C19H37O2P3+2. The van der Waals surface area contributed by atoms with Crippen LogP contribution in [0.1, 0.15) is 41.0 Å². The van der Waals surface area contributed by atoms with Crippen molar-refractivity contribution in [3.63, 3.8) is 0 Å². The van der Waals surface area contributed by atoms with Crippen molar-refractivity contribution in [2.45, 2.75) is 52.2 Å². The van der Waals surface area contributed by atoms with Gasteiger partial charge >= 0.3 is 0 Å². The van der Waals surface area contributed by atoms with Gasteiger partial charge in [-0.15, -0.1) is 0 Å². The third-order valence-electron chi connectivity index (χ3n) is 6.64. The second-order valence-corrected chi connectivity index (χ2v) is 17.5. The molecule has 0 spiro atoms.